The van der Waals surface area contributed by atoms with E-state index in [4.69, 9.17) is 29.8 Å². The number of rotatable bonds is 27. The third kappa shape index (κ3) is 16.3. The standard InChI is InChI=1S/C59H85FN12O9/c1-9-46(40-14-11-10-12-15-40)66-56(75)50-34-43(36-71(50)58(77)53(59(4,5)6)67-55(74)38(2)62-7)63-21-25-79-27-29-81-31-30-80-28-26-78-24-19-51(73)64-20-23-72-39(3)52-41-32-49(54(61)65-35-41)70-22-13-16-48(70)45-33-42(60)17-18-44(45)57(76)69(8)37-47(52)68-72/h10-12,14-15,17-18,32-33,35,38,43,46,48,50,53,62-63H,9,13,16,19-31,34,36-37H2,1-8H3,(H2,61,65)(H,64,73)(H,66,75)(H,67,74)/t38-,43-,46+,48-,50-,53+/m1/s1. The number of aromatic nitrogens is 3. The number of pyridine rings is 1. The molecule has 2 bridgehead atoms. The van der Waals surface area contributed by atoms with Gasteiger partial charge in [-0.2, -0.15) is 5.10 Å². The summed E-state index contributed by atoms with van der Waals surface area (Å²) in [4.78, 5) is 78.1. The molecular weight excluding hydrogens is 1040 g/mol. The summed E-state index contributed by atoms with van der Waals surface area (Å²) in [5.74, 6) is -1.27. The third-order valence-corrected chi connectivity index (χ3v) is 15.3. The Labute approximate surface area is 475 Å². The number of halogens is 1. The van der Waals surface area contributed by atoms with E-state index >= 15 is 0 Å². The molecule has 0 spiro atoms. The van der Waals surface area contributed by atoms with Gasteiger partial charge in [0.15, 0.2) is 0 Å². The van der Waals surface area contributed by atoms with Gasteiger partial charge < -0.3 is 66.0 Å². The Morgan fingerprint density at radius 3 is 2.28 bits per heavy atom. The number of amides is 5. The van der Waals surface area contributed by atoms with Crippen LogP contribution in [-0.4, -0.2) is 171 Å². The average molecular weight is 1130 g/mol. The van der Waals surface area contributed by atoms with E-state index in [1.54, 1.807) is 43.1 Å². The molecule has 0 unspecified atom stereocenters. The summed E-state index contributed by atoms with van der Waals surface area (Å²) in [6.07, 6.45) is 4.56. The zero-order valence-corrected chi connectivity index (χ0v) is 48.5. The van der Waals surface area contributed by atoms with Gasteiger partial charge in [0.1, 0.15) is 23.7 Å². The fraction of sp³-hybridized carbons (Fsp3) is 0.576. The number of carbonyl (C=O) groups excluding carboxylic acids is 5. The zero-order chi connectivity index (χ0) is 58.2. The molecule has 442 valence electrons. The third-order valence-electron chi connectivity index (χ3n) is 15.3. The van der Waals surface area contributed by atoms with Gasteiger partial charge in [0, 0.05) is 74.3 Å². The smallest absolute Gasteiger partial charge is 0.254 e. The predicted octanol–water partition coefficient (Wildman–Crippen LogP) is 4.44. The number of nitrogens with one attached hydrogen (secondary N) is 5. The van der Waals surface area contributed by atoms with E-state index in [0.717, 1.165) is 40.9 Å². The van der Waals surface area contributed by atoms with Crippen LogP contribution in [-0.2, 0) is 51.2 Å². The highest BCUT2D eigenvalue weighted by atomic mass is 19.1. The highest BCUT2D eigenvalue weighted by molar-refractivity contribution is 5.96. The second kappa shape index (κ2) is 29.4. The molecule has 4 aromatic rings. The maximum atomic E-state index is 14.7. The Hall–Kier alpha value is -6.56. The molecule has 3 aliphatic rings. The molecule has 2 saturated heterocycles. The first-order valence-electron chi connectivity index (χ1n) is 28.5. The summed E-state index contributed by atoms with van der Waals surface area (Å²) >= 11 is 0. The Morgan fingerprint density at radius 2 is 1.60 bits per heavy atom. The molecule has 5 amide bonds. The van der Waals surface area contributed by atoms with Crippen molar-refractivity contribution in [1.29, 1.82) is 0 Å². The minimum Gasteiger partial charge on any atom is -0.382 e. The molecule has 21 nitrogen and oxygen atoms in total. The van der Waals surface area contributed by atoms with Crippen LogP contribution in [0.15, 0.2) is 60.8 Å². The summed E-state index contributed by atoms with van der Waals surface area (Å²) < 4.78 is 39.3. The van der Waals surface area contributed by atoms with Crippen LogP contribution in [0.3, 0.4) is 0 Å². The van der Waals surface area contributed by atoms with Crippen LogP contribution in [0.25, 0.3) is 11.1 Å². The Kier molecular flexibility index (Phi) is 22.5. The Balaban J connectivity index is 0.774. The van der Waals surface area contributed by atoms with Crippen molar-refractivity contribution in [2.75, 3.05) is 104 Å². The summed E-state index contributed by atoms with van der Waals surface area (Å²) in [5, 5.41) is 20.4. The van der Waals surface area contributed by atoms with Gasteiger partial charge in [-0.1, -0.05) is 58.0 Å². The number of ether oxygens (including phenoxy) is 4. The summed E-state index contributed by atoms with van der Waals surface area (Å²) in [5.41, 5.74) is 11.8. The molecule has 2 aromatic carbocycles. The number of carbonyl (C=O) groups is 5. The molecule has 2 aromatic heterocycles. The van der Waals surface area contributed by atoms with Gasteiger partial charge in [-0.3, -0.25) is 28.7 Å². The summed E-state index contributed by atoms with van der Waals surface area (Å²) in [7, 11) is 3.41. The minimum absolute atomic E-state index is 0.165. The van der Waals surface area contributed by atoms with Crippen LogP contribution in [0.1, 0.15) is 112 Å². The molecule has 5 heterocycles. The fourth-order valence-corrected chi connectivity index (χ4v) is 10.7. The van der Waals surface area contributed by atoms with Gasteiger partial charge in [0.05, 0.1) is 95.5 Å². The number of hydrogen-bond donors (Lipinski definition) is 6. The SMILES string of the molecule is CC[C@H](NC(=O)[C@H]1C[C@@H](NCCOCCOCCOCCOCCC(=O)NCCn2nc3c(c2C)-c2cnc(N)c(c2)N2CCC[C@@H]2c2cc(F)ccc2C(=O)N(C)C3)CN1C(=O)[C@H](NC(=O)[C@@H](C)NC)C(C)(C)C)c1ccccc1. The topological polar surface area (TPSA) is 249 Å². The number of nitrogen functional groups attached to an aromatic ring is 1. The van der Waals surface area contributed by atoms with Crippen LogP contribution >= 0.6 is 0 Å². The van der Waals surface area contributed by atoms with Crippen molar-refractivity contribution in [3.05, 3.63) is 94.7 Å². The summed E-state index contributed by atoms with van der Waals surface area (Å²) in [6.45, 7) is 16.5. The van der Waals surface area contributed by atoms with E-state index in [9.17, 15) is 28.4 Å². The van der Waals surface area contributed by atoms with Gasteiger partial charge in [-0.25, -0.2) is 9.37 Å². The maximum Gasteiger partial charge on any atom is 0.254 e. The van der Waals surface area contributed by atoms with E-state index in [2.05, 4.69) is 36.5 Å². The van der Waals surface area contributed by atoms with Crippen molar-refractivity contribution in [3.8, 4) is 11.1 Å². The molecule has 7 N–H and O–H groups in total. The number of likely N-dealkylation sites (N-methyl/N-ethyl adjacent to an activating group) is 1. The van der Waals surface area contributed by atoms with Crippen molar-refractivity contribution in [1.82, 2.24) is 51.1 Å². The molecular formula is C59H85FN12O9. The summed E-state index contributed by atoms with van der Waals surface area (Å²) in [6, 6.07) is 13.4. The Bertz CT molecular complexity index is 2760. The highest BCUT2D eigenvalue weighted by Gasteiger charge is 2.45. The average Bonchev–Trinajstić information content (AvgIpc) is 4.23. The monoisotopic (exact) mass is 1120 g/mol. The number of fused-ring (bicyclic) bond motifs is 8. The number of benzene rings is 2. The number of likely N-dealkylation sites (tertiary alicyclic amines) is 1. The van der Waals surface area contributed by atoms with Crippen molar-refractivity contribution >= 4 is 41.0 Å². The van der Waals surface area contributed by atoms with E-state index in [1.807, 2.05) is 75.7 Å². The lowest BCUT2D eigenvalue weighted by atomic mass is 9.85. The number of hydrogen-bond acceptors (Lipinski definition) is 15. The van der Waals surface area contributed by atoms with Gasteiger partial charge in [0.25, 0.3) is 5.91 Å². The zero-order valence-electron chi connectivity index (χ0n) is 48.5. The fourth-order valence-electron chi connectivity index (χ4n) is 10.7. The Morgan fingerprint density at radius 1 is 0.914 bits per heavy atom. The predicted molar refractivity (Wildman–Crippen MR) is 306 cm³/mol. The second-order valence-electron chi connectivity index (χ2n) is 22.1. The minimum atomic E-state index is -0.851. The molecule has 3 aliphatic heterocycles. The quantitative estimate of drug-likeness (QED) is 0.0452. The van der Waals surface area contributed by atoms with E-state index in [-0.39, 0.29) is 67.2 Å². The lowest BCUT2D eigenvalue weighted by Crippen LogP contribution is -2.59. The van der Waals surface area contributed by atoms with E-state index in [1.165, 1.54) is 12.1 Å². The lowest BCUT2D eigenvalue weighted by Gasteiger charge is -2.36. The molecule has 2 fully saturated rings. The molecule has 0 saturated carbocycles. The van der Waals surface area contributed by atoms with Crippen molar-refractivity contribution in [2.45, 2.75) is 123 Å². The van der Waals surface area contributed by atoms with Gasteiger partial charge >= 0.3 is 0 Å². The molecule has 0 aliphatic carbocycles. The lowest BCUT2D eigenvalue weighted by molar-refractivity contribution is -0.144. The number of nitrogens with two attached hydrogens (primary N) is 1. The first-order chi connectivity index (χ1) is 38.9. The van der Waals surface area contributed by atoms with Crippen LogP contribution in [0, 0.1) is 18.2 Å². The van der Waals surface area contributed by atoms with Gasteiger partial charge in [-0.05, 0) is 87.4 Å². The molecule has 6 atom stereocenters. The van der Waals surface area contributed by atoms with Crippen molar-refractivity contribution in [3.63, 3.8) is 0 Å². The van der Waals surface area contributed by atoms with Gasteiger partial charge in [-0.15, -0.1) is 0 Å². The van der Waals surface area contributed by atoms with Crippen LogP contribution < -0.4 is 37.2 Å². The molecule has 81 heavy (non-hydrogen) atoms. The van der Waals surface area contributed by atoms with Gasteiger partial charge in [0.2, 0.25) is 23.6 Å². The normalized spacial score (nSPS) is 18.3. The van der Waals surface area contributed by atoms with Crippen LogP contribution in [0.5, 0.6) is 0 Å². The van der Waals surface area contributed by atoms with Crippen molar-refractivity contribution < 1.29 is 47.3 Å². The van der Waals surface area contributed by atoms with Crippen LogP contribution in [0.4, 0.5) is 15.9 Å². The number of anilines is 2. The first-order valence-corrected chi connectivity index (χ1v) is 28.5. The van der Waals surface area contributed by atoms with Crippen molar-refractivity contribution in [2.24, 2.45) is 5.41 Å². The van der Waals surface area contributed by atoms with E-state index in [0.29, 0.717) is 114 Å². The molecule has 0 radical (unpaired) electrons. The van der Waals surface area contributed by atoms with Crippen LogP contribution in [0.2, 0.25) is 0 Å². The highest BCUT2D eigenvalue weighted by Crippen LogP contribution is 2.42. The second-order valence-corrected chi connectivity index (χ2v) is 22.1. The molecule has 22 heteroatoms. The largest absolute Gasteiger partial charge is 0.382 e. The molecule has 7 rings (SSSR count). The maximum absolute atomic E-state index is 14.7. The first kappa shape index (κ1) is 62.0. The van der Waals surface area contributed by atoms with E-state index < -0.39 is 29.4 Å². The number of nitrogens with zero attached hydrogens (tertiary/aromatic N) is 6.